The number of carbonyl (C=O) groups is 2. The van der Waals surface area contributed by atoms with Gasteiger partial charge in [0, 0.05) is 19.2 Å². The third-order valence-electron chi connectivity index (χ3n) is 3.75. The number of methoxy groups -OCH3 is 1. The molecule has 1 aromatic heterocycles. The lowest BCUT2D eigenvalue weighted by molar-refractivity contribution is 0.0685. The van der Waals surface area contributed by atoms with Gasteiger partial charge in [-0.15, -0.1) is 0 Å². The molecule has 2 amide bonds. The second kappa shape index (κ2) is 10.8. The largest absolute Gasteiger partial charge is 0.513 e. The summed E-state index contributed by atoms with van der Waals surface area (Å²) in [5, 5.41) is 5.35. The Morgan fingerprint density at radius 1 is 1.17 bits per heavy atom. The van der Waals surface area contributed by atoms with Crippen LogP contribution in [0.5, 0.6) is 5.75 Å². The fourth-order valence-electron chi connectivity index (χ4n) is 2.42. The first-order chi connectivity index (χ1) is 14.6. The monoisotopic (exact) mass is 524 g/mol. The Hall–Kier alpha value is -2.86. The van der Waals surface area contributed by atoms with Gasteiger partial charge in [-0.25, -0.2) is 19.6 Å². The van der Waals surface area contributed by atoms with Gasteiger partial charge in [0.1, 0.15) is 18.2 Å². The van der Waals surface area contributed by atoms with Gasteiger partial charge in [0.2, 0.25) is 0 Å². The third-order valence-corrected chi connectivity index (χ3v) is 6.16. The highest BCUT2D eigenvalue weighted by Gasteiger charge is 2.14. The molecule has 9 nitrogen and oxygen atoms in total. The van der Waals surface area contributed by atoms with Gasteiger partial charge in [0.25, 0.3) is 0 Å². The number of rotatable bonds is 7. The fourth-order valence-corrected chi connectivity index (χ4v) is 4.45. The minimum Gasteiger partial charge on any atom is -0.432 e. The van der Waals surface area contributed by atoms with E-state index < -0.39 is 26.9 Å². The number of ether oxygens (including phenoxy) is 3. The molecule has 10 heteroatoms. The SMILES string of the molecule is CCNC(=O)Nc1ccc2c(n1)N=C(c1cccc(OC(=O)OCCOC)c1)C=I2. The Bertz CT molecular complexity index is 993. The zero-order valence-corrected chi connectivity index (χ0v) is 18.6. The van der Waals surface area contributed by atoms with Gasteiger partial charge in [-0.1, -0.05) is 32.9 Å². The summed E-state index contributed by atoms with van der Waals surface area (Å²) in [5.41, 5.74) is 1.54. The van der Waals surface area contributed by atoms with Crippen LogP contribution in [0.3, 0.4) is 0 Å². The van der Waals surface area contributed by atoms with E-state index in [4.69, 9.17) is 14.2 Å². The van der Waals surface area contributed by atoms with E-state index in [1.807, 2.05) is 19.1 Å². The molecule has 2 heterocycles. The molecule has 0 fully saturated rings. The second-order valence-corrected chi connectivity index (χ2v) is 8.33. The Morgan fingerprint density at radius 3 is 2.83 bits per heavy atom. The van der Waals surface area contributed by atoms with Gasteiger partial charge in [-0.2, -0.15) is 0 Å². The van der Waals surface area contributed by atoms with E-state index in [1.54, 1.807) is 24.3 Å². The summed E-state index contributed by atoms with van der Waals surface area (Å²) >= 11 is -0.443. The lowest BCUT2D eigenvalue weighted by Crippen LogP contribution is -2.28. The van der Waals surface area contributed by atoms with E-state index in [-0.39, 0.29) is 12.6 Å². The summed E-state index contributed by atoms with van der Waals surface area (Å²) in [6.45, 7) is 2.79. The highest BCUT2D eigenvalue weighted by molar-refractivity contribution is 14.2. The number of carbonyl (C=O) groups excluding carboxylic acids is 2. The van der Waals surface area contributed by atoms with Crippen molar-refractivity contribution in [3.8, 4) is 5.75 Å². The number of benzene rings is 1. The minimum absolute atomic E-state index is 0.120. The van der Waals surface area contributed by atoms with Gasteiger partial charge in [-0.05, 0) is 35.2 Å². The summed E-state index contributed by atoms with van der Waals surface area (Å²) in [5.74, 6) is 1.37. The Kier molecular flexibility index (Phi) is 7.85. The number of pyridine rings is 1. The fraction of sp³-hybridized carbons (Fsp3) is 0.250. The first-order valence-electron chi connectivity index (χ1n) is 9.14. The summed E-state index contributed by atoms with van der Waals surface area (Å²) in [6, 6.07) is 10.4. The Balaban J connectivity index is 1.74. The van der Waals surface area contributed by atoms with Crippen LogP contribution < -0.4 is 15.4 Å². The average Bonchev–Trinajstić information content (AvgIpc) is 2.74. The van der Waals surface area contributed by atoms with Crippen molar-refractivity contribution in [2.75, 3.05) is 32.2 Å². The van der Waals surface area contributed by atoms with E-state index >= 15 is 0 Å². The highest BCUT2D eigenvalue weighted by Crippen LogP contribution is 2.29. The number of aliphatic imine (C=N–C) groups is 1. The van der Waals surface area contributed by atoms with Crippen molar-refractivity contribution in [2.24, 2.45) is 4.99 Å². The maximum atomic E-state index is 11.7. The number of amides is 2. The van der Waals surface area contributed by atoms with Gasteiger partial charge < -0.3 is 19.5 Å². The molecule has 0 saturated carbocycles. The predicted octanol–water partition coefficient (Wildman–Crippen LogP) is 3.46. The standard InChI is InChI=1S/C20H21IN4O5/c1-3-22-19(26)25-17-8-7-15-18(24-17)23-16(12-21-15)13-5-4-6-14(11-13)30-20(27)29-10-9-28-2/h4-8,11-12H,3,9-10H2,1-2H3,(H2,22,23,24,25,26). The van der Waals surface area contributed by atoms with Gasteiger partial charge in [0.15, 0.2) is 5.82 Å². The molecule has 1 aromatic carbocycles. The molecule has 0 atom stereocenters. The molecule has 0 unspecified atom stereocenters. The highest BCUT2D eigenvalue weighted by atomic mass is 127. The van der Waals surface area contributed by atoms with Crippen molar-refractivity contribution < 1.29 is 23.8 Å². The van der Waals surface area contributed by atoms with Crippen molar-refractivity contribution in [2.45, 2.75) is 6.92 Å². The first-order valence-corrected chi connectivity index (χ1v) is 11.5. The van der Waals surface area contributed by atoms with Crippen LogP contribution in [0.15, 0.2) is 41.4 Å². The number of hydrogen-bond acceptors (Lipinski definition) is 7. The lowest BCUT2D eigenvalue weighted by Gasteiger charge is -2.12. The average molecular weight is 524 g/mol. The van der Waals surface area contributed by atoms with Crippen LogP contribution in [0.4, 0.5) is 21.2 Å². The van der Waals surface area contributed by atoms with E-state index in [0.29, 0.717) is 30.5 Å². The summed E-state index contributed by atoms with van der Waals surface area (Å²) in [6.07, 6.45) is -0.792. The number of anilines is 1. The molecule has 0 aliphatic carbocycles. The quantitative estimate of drug-likeness (QED) is 0.249. The van der Waals surface area contributed by atoms with Crippen LogP contribution in [-0.2, 0) is 9.47 Å². The van der Waals surface area contributed by atoms with Gasteiger partial charge >= 0.3 is 12.2 Å². The minimum atomic E-state index is -0.792. The van der Waals surface area contributed by atoms with Crippen LogP contribution in [-0.4, -0.2) is 53.8 Å². The number of nitrogens with zero attached hydrogens (tertiary/aromatic N) is 2. The molecular weight excluding hydrogens is 503 g/mol. The molecule has 2 N–H and O–H groups in total. The maximum absolute atomic E-state index is 11.7. The molecule has 2 aromatic rings. The van der Waals surface area contributed by atoms with Crippen LogP contribution in [0, 0.1) is 3.57 Å². The molecule has 0 radical (unpaired) electrons. The molecule has 1 aliphatic heterocycles. The topological polar surface area (TPSA) is 111 Å². The predicted molar refractivity (Wildman–Crippen MR) is 122 cm³/mol. The van der Waals surface area contributed by atoms with Crippen molar-refractivity contribution in [3.63, 3.8) is 0 Å². The van der Waals surface area contributed by atoms with Crippen LogP contribution in [0.2, 0.25) is 0 Å². The molecule has 0 saturated heterocycles. The number of hydrogen-bond donors (Lipinski definition) is 2. The molecule has 1 aliphatic rings. The summed E-state index contributed by atoms with van der Waals surface area (Å²) in [4.78, 5) is 32.5. The van der Waals surface area contributed by atoms with E-state index in [9.17, 15) is 9.59 Å². The zero-order valence-electron chi connectivity index (χ0n) is 16.5. The number of halogens is 1. The van der Waals surface area contributed by atoms with Gasteiger partial charge in [0.05, 0.1) is 15.9 Å². The van der Waals surface area contributed by atoms with Crippen LogP contribution >= 0.6 is 20.7 Å². The zero-order chi connectivity index (χ0) is 21.3. The molecule has 158 valence electrons. The number of nitrogens with one attached hydrogen (secondary N) is 2. The van der Waals surface area contributed by atoms with Gasteiger partial charge in [-0.3, -0.25) is 5.32 Å². The molecule has 3 rings (SSSR count). The lowest BCUT2D eigenvalue weighted by atomic mass is 10.1. The molecule has 0 bridgehead atoms. The van der Waals surface area contributed by atoms with Crippen molar-refractivity contribution in [3.05, 3.63) is 45.5 Å². The summed E-state index contributed by atoms with van der Waals surface area (Å²) in [7, 11) is 1.52. The van der Waals surface area contributed by atoms with Crippen LogP contribution in [0.25, 0.3) is 0 Å². The van der Waals surface area contributed by atoms with Crippen molar-refractivity contribution >= 4 is 54.3 Å². The Labute approximate surface area is 183 Å². The number of fused-ring (bicyclic) bond motifs is 1. The molecular formula is C20H21IN4O5. The smallest absolute Gasteiger partial charge is 0.432 e. The Morgan fingerprint density at radius 2 is 2.03 bits per heavy atom. The second-order valence-electron chi connectivity index (χ2n) is 5.92. The molecule has 0 spiro atoms. The van der Waals surface area contributed by atoms with Crippen LogP contribution in [0.1, 0.15) is 12.5 Å². The van der Waals surface area contributed by atoms with E-state index in [2.05, 4.69) is 24.6 Å². The third kappa shape index (κ3) is 6.07. The first kappa shape index (κ1) is 21.8. The maximum Gasteiger partial charge on any atom is 0.513 e. The number of urea groups is 1. The van der Waals surface area contributed by atoms with Crippen molar-refractivity contribution in [1.29, 1.82) is 0 Å². The summed E-state index contributed by atoms with van der Waals surface area (Å²) < 4.78 is 18.1. The normalized spacial score (nSPS) is 12.1. The van der Waals surface area contributed by atoms with E-state index in [1.165, 1.54) is 7.11 Å². The number of aromatic nitrogens is 1. The van der Waals surface area contributed by atoms with E-state index in [0.717, 1.165) is 14.8 Å². The molecule has 30 heavy (non-hydrogen) atoms. The van der Waals surface area contributed by atoms with Crippen molar-refractivity contribution in [1.82, 2.24) is 10.3 Å².